The van der Waals surface area contributed by atoms with Crippen LogP contribution in [0, 0.1) is 26.8 Å². The van der Waals surface area contributed by atoms with Gasteiger partial charge in [0, 0.05) is 44.0 Å². The Kier molecular flexibility index (Phi) is 10.7. The number of hydrogen-bond acceptors (Lipinski definition) is 3. The predicted molar refractivity (Wildman–Crippen MR) is 266 cm³/mol. The van der Waals surface area contributed by atoms with Crippen molar-refractivity contribution in [2.24, 2.45) is 0 Å². The van der Waals surface area contributed by atoms with Crippen molar-refractivity contribution in [2.75, 3.05) is 0 Å². The van der Waals surface area contributed by atoms with E-state index in [1.165, 1.54) is 0 Å². The number of aromatic nitrogens is 3. The van der Waals surface area contributed by atoms with Crippen LogP contribution < -0.4 is 0 Å². The Morgan fingerprint density at radius 1 is 0.569 bits per heavy atom. The van der Waals surface area contributed by atoms with Gasteiger partial charge in [0.25, 0.3) is 0 Å². The van der Waals surface area contributed by atoms with Crippen LogP contribution in [-0.4, -0.2) is 19.6 Å². The number of para-hydroxylation sites is 1. The third-order valence-corrected chi connectivity index (χ3v) is 12.0. The summed E-state index contributed by atoms with van der Waals surface area (Å²) >= 11 is 0. The summed E-state index contributed by atoms with van der Waals surface area (Å²) in [4.78, 5) is 10.4. The van der Waals surface area contributed by atoms with E-state index in [0.717, 1.165) is 72.4 Å². The normalized spacial score (nSPS) is 12.5. The van der Waals surface area contributed by atoms with E-state index in [9.17, 15) is 5.11 Å². The minimum absolute atomic E-state index is 0. The fourth-order valence-corrected chi connectivity index (χ4v) is 8.75. The zero-order chi connectivity index (χ0) is 47.3. The number of aryl methyl sites for hydroxylation is 3. The van der Waals surface area contributed by atoms with E-state index < -0.39 is 12.7 Å². The number of hydrogen-bond donors (Lipinski definition) is 1. The first-order chi connectivity index (χ1) is 32.7. The largest absolute Gasteiger partial charge is 0.507 e. The Hall–Kier alpha value is -7.13. The molecule has 10 aromatic rings. The number of aromatic hydroxyl groups is 1. The number of benzene rings is 8. The van der Waals surface area contributed by atoms with E-state index in [1.807, 2.05) is 161 Å². The first-order valence-electron chi connectivity index (χ1n) is 23.5. The van der Waals surface area contributed by atoms with Crippen LogP contribution in [0.2, 0.25) is 0 Å². The molecule has 0 aliphatic carbocycles. The molecule has 2 heterocycles. The molecule has 0 aliphatic rings. The molecule has 320 valence electrons. The maximum atomic E-state index is 12.0. The number of phenolic OH excluding ortho intramolecular Hbond substituents is 1. The average molecular weight is 1030 g/mol. The van der Waals surface area contributed by atoms with Gasteiger partial charge in [-0.25, -0.2) is 4.98 Å². The van der Waals surface area contributed by atoms with Crippen molar-refractivity contribution in [3.63, 3.8) is 0 Å². The summed E-state index contributed by atoms with van der Waals surface area (Å²) in [5.41, 5.74) is 15.6. The van der Waals surface area contributed by atoms with Crippen LogP contribution in [0.15, 0.2) is 188 Å². The Balaban J connectivity index is 0.00000593. The summed E-state index contributed by atoms with van der Waals surface area (Å²) in [6.45, 7) is 5.25. The Morgan fingerprint density at radius 2 is 1.22 bits per heavy atom. The standard InChI is InChI=1S/C60H48N3O.Pt/c1-38(2)42-24-26-44(27-25-42)47-28-29-61-55(36-47)50-34-48(43-16-9-6-10-17-43)33-49(35-50)51-22-15-23-56-58(51)62-60(54-31-39(3)30-41(5)59(54)64)63(56)57-37-52(45-18-11-7-12-19-45)40(4)32-53(57)46-20-13-8-14-21-46;/h6-34,36-38,64H,1-5H3;/q-1;/i4D3,38D;. The van der Waals surface area contributed by atoms with Crippen molar-refractivity contribution >= 4 is 11.0 Å². The third kappa shape index (κ3) is 8.39. The summed E-state index contributed by atoms with van der Waals surface area (Å²) in [5.74, 6) is -0.0895. The third-order valence-electron chi connectivity index (χ3n) is 12.0. The molecule has 0 aliphatic heterocycles. The maximum Gasteiger partial charge on any atom is 0.148 e. The van der Waals surface area contributed by atoms with E-state index in [-0.39, 0.29) is 32.4 Å². The molecular weight excluding hydrogens is 974 g/mol. The van der Waals surface area contributed by atoms with Gasteiger partial charge in [0.05, 0.1) is 22.3 Å². The van der Waals surface area contributed by atoms with Crippen molar-refractivity contribution in [3.8, 4) is 89.7 Å². The quantitative estimate of drug-likeness (QED) is 0.147. The van der Waals surface area contributed by atoms with E-state index in [2.05, 4.69) is 59.2 Å². The number of pyridine rings is 1. The van der Waals surface area contributed by atoms with Crippen LogP contribution in [0.25, 0.3) is 95.0 Å². The summed E-state index contributed by atoms with van der Waals surface area (Å²) < 4.78 is 36.9. The molecule has 2 aromatic heterocycles. The number of nitrogens with zero attached hydrogens (tertiary/aromatic N) is 3. The fraction of sp³-hybridized carbons (Fsp3) is 0.100. The molecule has 0 saturated heterocycles. The second-order valence-corrected chi connectivity index (χ2v) is 16.6. The number of phenols is 1. The predicted octanol–water partition coefficient (Wildman–Crippen LogP) is 15.6. The topological polar surface area (TPSA) is 50.9 Å². The van der Waals surface area contributed by atoms with Gasteiger partial charge in [-0.15, -0.1) is 23.8 Å². The van der Waals surface area contributed by atoms with Gasteiger partial charge < -0.3 is 5.11 Å². The molecule has 65 heavy (non-hydrogen) atoms. The van der Waals surface area contributed by atoms with E-state index in [1.54, 1.807) is 6.07 Å². The Labute approximate surface area is 401 Å². The first-order valence-corrected chi connectivity index (χ1v) is 21.5. The van der Waals surface area contributed by atoms with Crippen molar-refractivity contribution in [1.82, 2.24) is 14.5 Å². The van der Waals surface area contributed by atoms with Crippen LogP contribution in [0.4, 0.5) is 0 Å². The first kappa shape index (κ1) is 38.3. The minimum Gasteiger partial charge on any atom is -0.507 e. The van der Waals surface area contributed by atoms with Gasteiger partial charge in [0.1, 0.15) is 11.6 Å². The molecule has 0 saturated carbocycles. The molecule has 0 spiro atoms. The van der Waals surface area contributed by atoms with Crippen molar-refractivity contribution in [1.29, 1.82) is 0 Å². The van der Waals surface area contributed by atoms with Gasteiger partial charge in [-0.2, -0.15) is 0 Å². The molecule has 0 atom stereocenters. The molecular formula is C60H48N3OPt-. The molecule has 4 nitrogen and oxygen atoms in total. The molecule has 0 unspecified atom stereocenters. The van der Waals surface area contributed by atoms with Crippen LogP contribution in [0.5, 0.6) is 5.75 Å². The smallest absolute Gasteiger partial charge is 0.148 e. The molecule has 5 heteroatoms. The molecule has 10 rings (SSSR count). The Bertz CT molecular complexity index is 3490. The van der Waals surface area contributed by atoms with Crippen LogP contribution in [0.1, 0.15) is 47.5 Å². The van der Waals surface area contributed by atoms with Gasteiger partial charge in [-0.3, -0.25) is 9.55 Å². The summed E-state index contributed by atoms with van der Waals surface area (Å²) in [5, 5.41) is 12.0. The summed E-state index contributed by atoms with van der Waals surface area (Å²) in [6.07, 6.45) is 1.83. The number of rotatable bonds is 9. The zero-order valence-electron chi connectivity index (χ0n) is 40.5. The SMILES string of the molecule is [2H]C([2H])([2H])c1cc(-c2ccccc2)c(-n2c(-c3cc(C)cc(C)c3O)nc3c(-c4[c-]c(-c5cc(-c6ccc(C([2H])(C)C)cc6)ccn5)cc(-c5ccccc5)c4)cccc32)cc1-c1ccccc1.[Pt]. The molecule has 0 fully saturated rings. The van der Waals surface area contributed by atoms with Crippen LogP contribution >= 0.6 is 0 Å². The Morgan fingerprint density at radius 3 is 1.89 bits per heavy atom. The fourth-order valence-electron chi connectivity index (χ4n) is 8.75. The van der Waals surface area contributed by atoms with Crippen molar-refractivity contribution in [3.05, 3.63) is 217 Å². The number of fused-ring (bicyclic) bond motifs is 1. The van der Waals surface area contributed by atoms with Gasteiger partial charge in [0.15, 0.2) is 0 Å². The summed E-state index contributed by atoms with van der Waals surface area (Å²) in [6, 6.07) is 63.8. The maximum absolute atomic E-state index is 12.0. The molecule has 8 aromatic carbocycles. The molecule has 0 radical (unpaired) electrons. The van der Waals surface area contributed by atoms with Gasteiger partial charge in [-0.05, 0) is 113 Å². The van der Waals surface area contributed by atoms with E-state index in [4.69, 9.17) is 15.5 Å². The van der Waals surface area contributed by atoms with Crippen molar-refractivity contribution in [2.45, 2.75) is 40.4 Å². The second kappa shape index (κ2) is 18.2. The van der Waals surface area contributed by atoms with Gasteiger partial charge in [0.2, 0.25) is 0 Å². The van der Waals surface area contributed by atoms with Crippen molar-refractivity contribution < 1.29 is 31.7 Å². The van der Waals surface area contributed by atoms with Crippen LogP contribution in [-0.2, 0) is 21.1 Å². The molecule has 0 bridgehead atoms. The molecule has 1 N–H and O–H groups in total. The second-order valence-electron chi connectivity index (χ2n) is 16.6. The zero-order valence-corrected chi connectivity index (χ0v) is 38.8. The summed E-state index contributed by atoms with van der Waals surface area (Å²) in [7, 11) is 0. The molecule has 0 amide bonds. The number of imidazole rings is 1. The van der Waals surface area contributed by atoms with E-state index in [0.29, 0.717) is 39.3 Å². The van der Waals surface area contributed by atoms with Gasteiger partial charge in [-0.1, -0.05) is 170 Å². The van der Waals surface area contributed by atoms with Gasteiger partial charge >= 0.3 is 0 Å². The average Bonchev–Trinajstić information content (AvgIpc) is 3.74. The monoisotopic (exact) mass is 1030 g/mol. The minimum atomic E-state index is -2.43. The van der Waals surface area contributed by atoms with E-state index >= 15 is 0 Å². The van der Waals surface area contributed by atoms with Crippen LogP contribution in [0.3, 0.4) is 0 Å².